The van der Waals surface area contributed by atoms with Crippen molar-refractivity contribution in [3.8, 4) is 0 Å². The summed E-state index contributed by atoms with van der Waals surface area (Å²) >= 11 is 0. The van der Waals surface area contributed by atoms with Gasteiger partial charge < -0.3 is 10.1 Å². The van der Waals surface area contributed by atoms with E-state index in [0.29, 0.717) is 12.2 Å². The van der Waals surface area contributed by atoms with Crippen LogP contribution in [0.3, 0.4) is 0 Å². The van der Waals surface area contributed by atoms with Crippen LogP contribution in [-0.4, -0.2) is 58.3 Å². The van der Waals surface area contributed by atoms with Gasteiger partial charge in [-0.3, -0.25) is 14.0 Å². The number of hydrogen-bond donors (Lipinski definition) is 1. The van der Waals surface area contributed by atoms with Crippen molar-refractivity contribution < 1.29 is 17.9 Å². The third-order valence-electron chi connectivity index (χ3n) is 5.52. The van der Waals surface area contributed by atoms with Gasteiger partial charge in [0.2, 0.25) is 15.9 Å². The molecule has 0 spiro atoms. The van der Waals surface area contributed by atoms with Crippen LogP contribution in [0.25, 0.3) is 0 Å². The van der Waals surface area contributed by atoms with E-state index in [-0.39, 0.29) is 12.5 Å². The van der Waals surface area contributed by atoms with Gasteiger partial charge in [0.05, 0.1) is 25.2 Å². The Bertz CT molecular complexity index is 1020. The third kappa shape index (κ3) is 6.53. The number of benzene rings is 2. The van der Waals surface area contributed by atoms with Crippen LogP contribution in [0.1, 0.15) is 22.3 Å². The predicted octanol–water partition coefficient (Wildman–Crippen LogP) is 2.22. The van der Waals surface area contributed by atoms with Gasteiger partial charge in [0.1, 0.15) is 6.54 Å². The standard InChI is InChI=1S/C23H31N3O4S/c1-18-6-4-9-22(19(18)2)26(31(3,28)29)17-23(27)24-15-20-7-5-8-21(14-20)16-25-10-12-30-13-11-25/h4-9,14H,10-13,15-17H2,1-3H3,(H,24,27). The number of anilines is 1. The first-order valence-corrected chi connectivity index (χ1v) is 12.3. The zero-order valence-corrected chi connectivity index (χ0v) is 19.2. The van der Waals surface area contributed by atoms with Crippen LogP contribution in [-0.2, 0) is 32.6 Å². The molecule has 1 fully saturated rings. The zero-order chi connectivity index (χ0) is 22.4. The Morgan fingerprint density at radius 2 is 1.77 bits per heavy atom. The van der Waals surface area contributed by atoms with Crippen molar-refractivity contribution in [3.05, 3.63) is 64.7 Å². The Labute approximate surface area is 185 Å². The van der Waals surface area contributed by atoms with Gasteiger partial charge in [-0.15, -0.1) is 0 Å². The second-order valence-electron chi connectivity index (χ2n) is 7.97. The van der Waals surface area contributed by atoms with Gasteiger partial charge in [-0.05, 0) is 42.2 Å². The van der Waals surface area contributed by atoms with Crippen molar-refractivity contribution in [1.82, 2.24) is 10.2 Å². The summed E-state index contributed by atoms with van der Waals surface area (Å²) < 4.78 is 31.3. The highest BCUT2D eigenvalue weighted by Gasteiger charge is 2.22. The molecule has 1 N–H and O–H groups in total. The highest BCUT2D eigenvalue weighted by molar-refractivity contribution is 7.92. The van der Waals surface area contributed by atoms with Crippen LogP contribution in [0.2, 0.25) is 0 Å². The number of hydrogen-bond acceptors (Lipinski definition) is 5. The second kappa shape index (κ2) is 10.3. The number of sulfonamides is 1. The van der Waals surface area contributed by atoms with E-state index in [1.165, 1.54) is 9.87 Å². The fourth-order valence-electron chi connectivity index (χ4n) is 3.63. The number of amides is 1. The minimum Gasteiger partial charge on any atom is -0.379 e. The third-order valence-corrected chi connectivity index (χ3v) is 6.65. The van der Waals surface area contributed by atoms with Crippen molar-refractivity contribution in [2.75, 3.05) is 43.4 Å². The summed E-state index contributed by atoms with van der Waals surface area (Å²) in [5, 5.41) is 2.86. The molecule has 1 amide bonds. The second-order valence-corrected chi connectivity index (χ2v) is 9.88. The van der Waals surface area contributed by atoms with Crippen molar-refractivity contribution >= 4 is 21.6 Å². The van der Waals surface area contributed by atoms with Gasteiger partial charge in [-0.2, -0.15) is 0 Å². The molecule has 0 atom stereocenters. The average molecular weight is 446 g/mol. The molecule has 1 heterocycles. The summed E-state index contributed by atoms with van der Waals surface area (Å²) in [6.07, 6.45) is 1.12. The summed E-state index contributed by atoms with van der Waals surface area (Å²) in [6, 6.07) is 13.5. The molecule has 2 aromatic carbocycles. The number of nitrogens with zero attached hydrogens (tertiary/aromatic N) is 2. The molecule has 1 aliphatic heterocycles. The molecule has 3 rings (SSSR count). The fraction of sp³-hybridized carbons (Fsp3) is 0.435. The number of carbonyl (C=O) groups excluding carboxylic acids is 1. The van der Waals surface area contributed by atoms with E-state index in [0.717, 1.165) is 55.8 Å². The number of aryl methyl sites for hydroxylation is 1. The Balaban J connectivity index is 1.63. The molecule has 2 aromatic rings. The number of rotatable bonds is 8. The molecule has 1 saturated heterocycles. The first-order valence-electron chi connectivity index (χ1n) is 10.4. The van der Waals surface area contributed by atoms with E-state index >= 15 is 0 Å². The normalized spacial score (nSPS) is 14.9. The Hall–Kier alpha value is -2.42. The lowest BCUT2D eigenvalue weighted by Crippen LogP contribution is -2.40. The number of nitrogens with one attached hydrogen (secondary N) is 1. The summed E-state index contributed by atoms with van der Waals surface area (Å²) in [7, 11) is -3.60. The Kier molecular flexibility index (Phi) is 7.69. The van der Waals surface area contributed by atoms with Gasteiger partial charge in [-0.1, -0.05) is 36.4 Å². The van der Waals surface area contributed by atoms with E-state index in [1.54, 1.807) is 12.1 Å². The van der Waals surface area contributed by atoms with Crippen LogP contribution in [0.4, 0.5) is 5.69 Å². The maximum absolute atomic E-state index is 12.6. The molecule has 0 radical (unpaired) electrons. The van der Waals surface area contributed by atoms with Gasteiger partial charge in [0, 0.05) is 26.2 Å². The highest BCUT2D eigenvalue weighted by Crippen LogP contribution is 2.24. The summed E-state index contributed by atoms with van der Waals surface area (Å²) in [4.78, 5) is 14.9. The van der Waals surface area contributed by atoms with Gasteiger partial charge >= 0.3 is 0 Å². The van der Waals surface area contributed by atoms with Crippen molar-refractivity contribution in [3.63, 3.8) is 0 Å². The zero-order valence-electron chi connectivity index (χ0n) is 18.4. The summed E-state index contributed by atoms with van der Waals surface area (Å²) in [6.45, 7) is 8.07. The predicted molar refractivity (Wildman–Crippen MR) is 122 cm³/mol. The first kappa shape index (κ1) is 23.2. The van der Waals surface area contributed by atoms with Crippen LogP contribution < -0.4 is 9.62 Å². The highest BCUT2D eigenvalue weighted by atomic mass is 32.2. The molecule has 0 bridgehead atoms. The van der Waals surface area contributed by atoms with Crippen LogP contribution >= 0.6 is 0 Å². The molecule has 0 aromatic heterocycles. The quantitative estimate of drug-likeness (QED) is 0.674. The van der Waals surface area contributed by atoms with Crippen LogP contribution in [0.15, 0.2) is 42.5 Å². The van der Waals surface area contributed by atoms with Crippen LogP contribution in [0.5, 0.6) is 0 Å². The van der Waals surface area contributed by atoms with E-state index in [1.807, 2.05) is 32.0 Å². The number of carbonyl (C=O) groups is 1. The summed E-state index contributed by atoms with van der Waals surface area (Å²) in [5.41, 5.74) is 4.52. The lowest BCUT2D eigenvalue weighted by molar-refractivity contribution is -0.119. The molecule has 8 heteroatoms. The van der Waals surface area contributed by atoms with E-state index in [2.05, 4.69) is 22.3 Å². The molecule has 1 aliphatic rings. The molecular formula is C23H31N3O4S. The smallest absolute Gasteiger partial charge is 0.241 e. The lowest BCUT2D eigenvalue weighted by atomic mass is 10.1. The number of ether oxygens (including phenoxy) is 1. The molecule has 0 aliphatic carbocycles. The minimum atomic E-state index is -3.60. The monoisotopic (exact) mass is 445 g/mol. The Morgan fingerprint density at radius 1 is 1.10 bits per heavy atom. The van der Waals surface area contributed by atoms with Gasteiger partial charge in [-0.25, -0.2) is 8.42 Å². The molecule has 168 valence electrons. The van der Waals surface area contributed by atoms with E-state index in [9.17, 15) is 13.2 Å². The molecule has 7 nitrogen and oxygen atoms in total. The average Bonchev–Trinajstić information content (AvgIpc) is 2.73. The molecule has 0 saturated carbocycles. The van der Waals surface area contributed by atoms with Crippen molar-refractivity contribution in [2.45, 2.75) is 26.9 Å². The van der Waals surface area contributed by atoms with Crippen molar-refractivity contribution in [1.29, 1.82) is 0 Å². The summed E-state index contributed by atoms with van der Waals surface area (Å²) in [5.74, 6) is -0.343. The fourth-order valence-corrected chi connectivity index (χ4v) is 4.54. The van der Waals surface area contributed by atoms with E-state index in [4.69, 9.17) is 4.74 Å². The van der Waals surface area contributed by atoms with Gasteiger partial charge in [0.25, 0.3) is 0 Å². The Morgan fingerprint density at radius 3 is 2.48 bits per heavy atom. The van der Waals surface area contributed by atoms with E-state index < -0.39 is 10.0 Å². The van der Waals surface area contributed by atoms with Crippen molar-refractivity contribution in [2.24, 2.45) is 0 Å². The van der Waals surface area contributed by atoms with Crippen LogP contribution in [0, 0.1) is 13.8 Å². The largest absolute Gasteiger partial charge is 0.379 e. The SMILES string of the molecule is Cc1cccc(N(CC(=O)NCc2cccc(CN3CCOCC3)c2)S(C)(=O)=O)c1C. The van der Waals surface area contributed by atoms with Gasteiger partial charge in [0.15, 0.2) is 0 Å². The molecule has 0 unspecified atom stereocenters. The lowest BCUT2D eigenvalue weighted by Gasteiger charge is -2.26. The first-order chi connectivity index (χ1) is 14.7. The molecule has 31 heavy (non-hydrogen) atoms. The molecular weight excluding hydrogens is 414 g/mol. The number of morpholine rings is 1. The topological polar surface area (TPSA) is 79.0 Å². The minimum absolute atomic E-state index is 0.253. The maximum atomic E-state index is 12.6. The maximum Gasteiger partial charge on any atom is 0.241 e.